The van der Waals surface area contributed by atoms with Crippen molar-refractivity contribution >= 4 is 5.97 Å². The van der Waals surface area contributed by atoms with Gasteiger partial charge in [-0.1, -0.05) is 24.3 Å². The molecule has 1 atom stereocenters. The van der Waals surface area contributed by atoms with Crippen molar-refractivity contribution < 1.29 is 9.90 Å². The van der Waals surface area contributed by atoms with E-state index in [2.05, 4.69) is 34.3 Å². The second-order valence-electron chi connectivity index (χ2n) is 4.65. The first kappa shape index (κ1) is 14.1. The number of hydrogen-bond donors (Lipinski definition) is 2. The molecular weight excluding hydrogens is 254 g/mol. The standard InChI is InChI=1S/C15H17N3O2/c1-10-5-3-4-6-12(10)11(2)17-8-14-13(15(19)20)7-16-9-18-14/h3-7,9,11,17H,8H2,1-2H3,(H,19,20). The van der Waals surface area contributed by atoms with Crippen LogP contribution in [0.15, 0.2) is 36.8 Å². The third kappa shape index (κ3) is 3.19. The predicted octanol–water partition coefficient (Wildman–Crippen LogP) is 2.33. The third-order valence-corrected chi connectivity index (χ3v) is 3.26. The van der Waals surface area contributed by atoms with E-state index in [0.717, 1.165) is 0 Å². The Kier molecular flexibility index (Phi) is 4.42. The smallest absolute Gasteiger partial charge is 0.339 e. The molecule has 1 unspecified atom stereocenters. The quantitative estimate of drug-likeness (QED) is 0.873. The number of rotatable bonds is 5. The van der Waals surface area contributed by atoms with Crippen LogP contribution in [0.5, 0.6) is 0 Å². The summed E-state index contributed by atoms with van der Waals surface area (Å²) >= 11 is 0. The van der Waals surface area contributed by atoms with Crippen molar-refractivity contribution in [2.24, 2.45) is 0 Å². The number of nitrogens with one attached hydrogen (secondary N) is 1. The normalized spacial score (nSPS) is 12.1. The molecule has 20 heavy (non-hydrogen) atoms. The molecule has 0 aliphatic rings. The van der Waals surface area contributed by atoms with Crippen molar-refractivity contribution in [1.29, 1.82) is 0 Å². The molecule has 0 bridgehead atoms. The van der Waals surface area contributed by atoms with Gasteiger partial charge in [-0.05, 0) is 25.0 Å². The molecule has 0 spiro atoms. The number of carbonyl (C=O) groups is 1. The summed E-state index contributed by atoms with van der Waals surface area (Å²) in [6.45, 7) is 4.49. The maximum absolute atomic E-state index is 11.1. The Balaban J connectivity index is 2.10. The molecule has 5 heteroatoms. The van der Waals surface area contributed by atoms with Gasteiger partial charge >= 0.3 is 5.97 Å². The fourth-order valence-corrected chi connectivity index (χ4v) is 2.11. The van der Waals surface area contributed by atoms with Gasteiger partial charge in [0.05, 0.1) is 5.69 Å². The molecule has 1 aromatic carbocycles. The van der Waals surface area contributed by atoms with Gasteiger partial charge in [0, 0.05) is 18.8 Å². The number of aromatic nitrogens is 2. The van der Waals surface area contributed by atoms with E-state index in [-0.39, 0.29) is 11.6 Å². The maximum atomic E-state index is 11.1. The Labute approximate surface area is 117 Å². The summed E-state index contributed by atoms with van der Waals surface area (Å²) in [6, 6.07) is 8.23. The highest BCUT2D eigenvalue weighted by Gasteiger charge is 2.13. The first-order valence-electron chi connectivity index (χ1n) is 6.40. The van der Waals surface area contributed by atoms with Crippen LogP contribution in [0.3, 0.4) is 0 Å². The minimum absolute atomic E-state index is 0.118. The molecule has 1 heterocycles. The van der Waals surface area contributed by atoms with Crippen LogP contribution in [0, 0.1) is 6.92 Å². The summed E-state index contributed by atoms with van der Waals surface area (Å²) in [5, 5.41) is 12.4. The van der Waals surface area contributed by atoms with Crippen LogP contribution in [-0.4, -0.2) is 21.0 Å². The van der Waals surface area contributed by atoms with Gasteiger partial charge in [-0.3, -0.25) is 0 Å². The lowest BCUT2D eigenvalue weighted by molar-refractivity contribution is 0.0694. The van der Waals surface area contributed by atoms with Crippen LogP contribution in [0.1, 0.15) is 40.1 Å². The third-order valence-electron chi connectivity index (χ3n) is 3.26. The van der Waals surface area contributed by atoms with Crippen molar-refractivity contribution in [3.05, 3.63) is 59.2 Å². The monoisotopic (exact) mass is 271 g/mol. The summed E-state index contributed by atoms with van der Waals surface area (Å²) in [5.41, 5.74) is 3.02. The summed E-state index contributed by atoms with van der Waals surface area (Å²) in [5.74, 6) is -1.01. The molecule has 0 aliphatic heterocycles. The Hall–Kier alpha value is -2.27. The zero-order valence-corrected chi connectivity index (χ0v) is 11.5. The van der Waals surface area contributed by atoms with E-state index in [1.54, 1.807) is 0 Å². The first-order chi connectivity index (χ1) is 9.59. The van der Waals surface area contributed by atoms with E-state index in [0.29, 0.717) is 12.2 Å². The van der Waals surface area contributed by atoms with Gasteiger partial charge in [0.15, 0.2) is 0 Å². The summed E-state index contributed by atoms with van der Waals surface area (Å²) in [6.07, 6.45) is 2.69. The van der Waals surface area contributed by atoms with Gasteiger partial charge in [-0.25, -0.2) is 14.8 Å². The van der Waals surface area contributed by atoms with Crippen LogP contribution in [0.4, 0.5) is 0 Å². The topological polar surface area (TPSA) is 75.1 Å². The van der Waals surface area contributed by atoms with E-state index in [1.807, 2.05) is 19.1 Å². The lowest BCUT2D eigenvalue weighted by Crippen LogP contribution is -2.21. The van der Waals surface area contributed by atoms with Crippen LogP contribution in [0.25, 0.3) is 0 Å². The van der Waals surface area contributed by atoms with Crippen LogP contribution in [-0.2, 0) is 6.54 Å². The number of carboxylic acids is 1. The molecule has 2 rings (SSSR count). The summed E-state index contributed by atoms with van der Waals surface area (Å²) in [7, 11) is 0. The largest absolute Gasteiger partial charge is 0.478 e. The molecular formula is C15H17N3O2. The van der Waals surface area contributed by atoms with E-state index in [1.165, 1.54) is 23.7 Å². The number of aromatic carboxylic acids is 1. The van der Waals surface area contributed by atoms with Crippen molar-refractivity contribution in [3.63, 3.8) is 0 Å². The van der Waals surface area contributed by atoms with Gasteiger partial charge in [0.25, 0.3) is 0 Å². The Morgan fingerprint density at radius 2 is 2.15 bits per heavy atom. The molecule has 0 amide bonds. The highest BCUT2D eigenvalue weighted by molar-refractivity contribution is 5.88. The maximum Gasteiger partial charge on any atom is 0.339 e. The lowest BCUT2D eigenvalue weighted by Gasteiger charge is -2.16. The number of benzene rings is 1. The van der Waals surface area contributed by atoms with Gasteiger partial charge in [0.1, 0.15) is 11.9 Å². The Morgan fingerprint density at radius 3 is 2.85 bits per heavy atom. The highest BCUT2D eigenvalue weighted by Crippen LogP contribution is 2.17. The SMILES string of the molecule is Cc1ccccc1C(C)NCc1ncncc1C(=O)O. The molecule has 2 aromatic rings. The summed E-state index contributed by atoms with van der Waals surface area (Å²) in [4.78, 5) is 18.9. The highest BCUT2D eigenvalue weighted by atomic mass is 16.4. The zero-order valence-electron chi connectivity index (χ0n) is 11.5. The number of hydrogen-bond acceptors (Lipinski definition) is 4. The van der Waals surface area contributed by atoms with E-state index >= 15 is 0 Å². The Morgan fingerprint density at radius 1 is 1.40 bits per heavy atom. The number of aryl methyl sites for hydroxylation is 1. The predicted molar refractivity (Wildman–Crippen MR) is 75.4 cm³/mol. The molecule has 0 radical (unpaired) electrons. The molecule has 0 aliphatic carbocycles. The van der Waals surface area contributed by atoms with E-state index in [4.69, 9.17) is 5.11 Å². The lowest BCUT2D eigenvalue weighted by atomic mass is 10.0. The van der Waals surface area contributed by atoms with Gasteiger partial charge in [0.2, 0.25) is 0 Å². The molecule has 2 N–H and O–H groups in total. The average Bonchev–Trinajstić information content (AvgIpc) is 2.45. The zero-order chi connectivity index (χ0) is 14.5. The molecule has 5 nitrogen and oxygen atoms in total. The second-order valence-corrected chi connectivity index (χ2v) is 4.65. The molecule has 0 saturated carbocycles. The van der Waals surface area contributed by atoms with E-state index < -0.39 is 5.97 Å². The number of nitrogens with zero attached hydrogens (tertiary/aromatic N) is 2. The Bertz CT molecular complexity index is 614. The number of carboxylic acid groups (broad SMARTS) is 1. The minimum Gasteiger partial charge on any atom is -0.478 e. The molecule has 1 aromatic heterocycles. The minimum atomic E-state index is -1.01. The van der Waals surface area contributed by atoms with Gasteiger partial charge in [-0.15, -0.1) is 0 Å². The molecule has 0 saturated heterocycles. The van der Waals surface area contributed by atoms with Crippen molar-refractivity contribution in [3.8, 4) is 0 Å². The first-order valence-corrected chi connectivity index (χ1v) is 6.40. The van der Waals surface area contributed by atoms with Crippen LogP contribution < -0.4 is 5.32 Å². The second kappa shape index (κ2) is 6.25. The molecule has 0 fully saturated rings. The van der Waals surface area contributed by atoms with Crippen molar-refractivity contribution in [2.75, 3.05) is 0 Å². The van der Waals surface area contributed by atoms with Crippen molar-refractivity contribution in [2.45, 2.75) is 26.4 Å². The van der Waals surface area contributed by atoms with Gasteiger partial charge < -0.3 is 10.4 Å². The van der Waals surface area contributed by atoms with Crippen molar-refractivity contribution in [1.82, 2.24) is 15.3 Å². The van der Waals surface area contributed by atoms with Gasteiger partial charge in [-0.2, -0.15) is 0 Å². The summed E-state index contributed by atoms with van der Waals surface area (Å²) < 4.78 is 0. The molecule has 104 valence electrons. The van der Waals surface area contributed by atoms with E-state index in [9.17, 15) is 4.79 Å². The average molecular weight is 271 g/mol. The fourth-order valence-electron chi connectivity index (χ4n) is 2.11. The van der Waals surface area contributed by atoms with Crippen LogP contribution >= 0.6 is 0 Å². The fraction of sp³-hybridized carbons (Fsp3) is 0.267. The van der Waals surface area contributed by atoms with Crippen LogP contribution in [0.2, 0.25) is 0 Å².